The Hall–Kier alpha value is -1.47. The summed E-state index contributed by atoms with van der Waals surface area (Å²) in [6, 6.07) is 4.22. The molecule has 1 atom stereocenters. The summed E-state index contributed by atoms with van der Waals surface area (Å²) in [5.41, 5.74) is 4.70. The summed E-state index contributed by atoms with van der Waals surface area (Å²) in [6.07, 6.45) is -6.69. The summed E-state index contributed by atoms with van der Waals surface area (Å²) in [5, 5.41) is 12.4. The monoisotopic (exact) mass is 355 g/mol. The molecule has 0 heterocycles. The van der Waals surface area contributed by atoms with Gasteiger partial charge in [0.05, 0.1) is 22.2 Å². The summed E-state index contributed by atoms with van der Waals surface area (Å²) in [5.74, 6) is -0.751. The van der Waals surface area contributed by atoms with Crippen LogP contribution in [0.1, 0.15) is 23.2 Å². The zero-order valence-corrected chi connectivity index (χ0v) is 12.5. The summed E-state index contributed by atoms with van der Waals surface area (Å²) in [7, 11) is 0. The average molecular weight is 356 g/mol. The van der Waals surface area contributed by atoms with Gasteiger partial charge in [-0.05, 0) is 24.1 Å². The predicted octanol–water partition coefficient (Wildman–Crippen LogP) is 4.56. The molecule has 22 heavy (non-hydrogen) atoms. The first-order valence-electron chi connectivity index (χ1n) is 5.89. The molecule has 1 N–H and O–H groups in total. The highest BCUT2D eigenvalue weighted by Crippen LogP contribution is 2.35. The molecule has 0 aliphatic rings. The highest BCUT2D eigenvalue weighted by molar-refractivity contribution is 6.39. The third-order valence-corrected chi connectivity index (χ3v) is 3.56. The maximum atomic E-state index is 12.8. The van der Waals surface area contributed by atoms with Crippen LogP contribution in [0.4, 0.5) is 13.2 Å². The van der Waals surface area contributed by atoms with E-state index in [1.807, 2.05) is 0 Å². The van der Waals surface area contributed by atoms with Gasteiger partial charge in [-0.15, -0.1) is 0 Å². The molecule has 1 rings (SSSR count). The number of ketones is 1. The molecule has 0 bridgehead atoms. The van der Waals surface area contributed by atoms with Gasteiger partial charge in [-0.2, -0.15) is 13.2 Å². The zero-order valence-electron chi connectivity index (χ0n) is 10.9. The van der Waals surface area contributed by atoms with E-state index >= 15 is 0 Å². The molecular formula is C12H10Cl2F3N3O2. The molecular weight excluding hydrogens is 346 g/mol. The van der Waals surface area contributed by atoms with E-state index in [9.17, 15) is 23.1 Å². The maximum absolute atomic E-state index is 12.8. The third kappa shape index (κ3) is 4.27. The molecule has 0 aliphatic carbocycles. The largest absolute Gasteiger partial charge is 0.417 e. The van der Waals surface area contributed by atoms with E-state index in [0.29, 0.717) is 0 Å². The number of halogens is 5. The van der Waals surface area contributed by atoms with E-state index in [-0.39, 0.29) is 15.6 Å². The topological polar surface area (TPSA) is 86.1 Å². The van der Waals surface area contributed by atoms with Crippen LogP contribution in [-0.4, -0.2) is 29.2 Å². The molecule has 1 aromatic carbocycles. The second-order valence-corrected chi connectivity index (χ2v) is 5.25. The van der Waals surface area contributed by atoms with E-state index in [0.717, 1.165) is 0 Å². The molecule has 0 spiro atoms. The van der Waals surface area contributed by atoms with Crippen molar-refractivity contribution in [2.45, 2.75) is 24.6 Å². The number of rotatable bonds is 6. The van der Waals surface area contributed by atoms with Gasteiger partial charge in [0.15, 0.2) is 11.4 Å². The second kappa shape index (κ2) is 7.19. The van der Waals surface area contributed by atoms with E-state index < -0.39 is 36.9 Å². The minimum absolute atomic E-state index is 0.00286. The van der Waals surface area contributed by atoms with E-state index in [1.54, 1.807) is 0 Å². The molecule has 1 aromatic rings. The molecule has 120 valence electrons. The molecule has 0 aromatic heterocycles. The first-order valence-corrected chi connectivity index (χ1v) is 6.65. The standard InChI is InChI=1S/C12H10Cl2F3N3O2/c13-7-2-1-3-8(14)10(7)9(21)4-5-11(22,6-19-20-18)12(15,16)17/h1-3,22H,4-6H2. The van der Waals surface area contributed by atoms with Crippen molar-refractivity contribution in [3.05, 3.63) is 44.3 Å². The predicted molar refractivity (Wildman–Crippen MR) is 75.0 cm³/mol. The molecule has 0 saturated heterocycles. The Bertz CT molecular complexity index is 598. The van der Waals surface area contributed by atoms with Crippen molar-refractivity contribution in [1.29, 1.82) is 0 Å². The summed E-state index contributed by atoms with van der Waals surface area (Å²) >= 11 is 11.6. The molecule has 0 saturated carbocycles. The van der Waals surface area contributed by atoms with E-state index in [1.165, 1.54) is 18.2 Å². The molecule has 10 heteroatoms. The van der Waals surface area contributed by atoms with E-state index in [4.69, 9.17) is 28.7 Å². The number of alkyl halides is 3. The van der Waals surface area contributed by atoms with Crippen molar-refractivity contribution in [1.82, 2.24) is 0 Å². The Morgan fingerprint density at radius 1 is 1.32 bits per heavy atom. The van der Waals surface area contributed by atoms with Crippen LogP contribution in [0.25, 0.3) is 10.4 Å². The van der Waals surface area contributed by atoms with E-state index in [2.05, 4.69) is 10.0 Å². The van der Waals surface area contributed by atoms with Crippen LogP contribution < -0.4 is 0 Å². The summed E-state index contributed by atoms with van der Waals surface area (Å²) < 4.78 is 38.5. The Balaban J connectivity index is 2.94. The molecule has 0 radical (unpaired) electrons. The van der Waals surface area contributed by atoms with Crippen molar-refractivity contribution >= 4 is 29.0 Å². The van der Waals surface area contributed by atoms with Crippen LogP contribution in [0, 0.1) is 0 Å². The molecule has 1 unspecified atom stereocenters. The maximum Gasteiger partial charge on any atom is 0.417 e. The number of carbonyl (C=O) groups excluding carboxylic acids is 1. The van der Waals surface area contributed by atoms with Crippen molar-refractivity contribution in [3.8, 4) is 0 Å². The highest BCUT2D eigenvalue weighted by Gasteiger charge is 2.52. The third-order valence-electron chi connectivity index (χ3n) is 2.93. The van der Waals surface area contributed by atoms with Gasteiger partial charge < -0.3 is 5.11 Å². The first kappa shape index (κ1) is 18.6. The smallest absolute Gasteiger partial charge is 0.380 e. The highest BCUT2D eigenvalue weighted by atomic mass is 35.5. The minimum atomic E-state index is -5.05. The van der Waals surface area contributed by atoms with Crippen molar-refractivity contribution < 1.29 is 23.1 Å². The number of nitrogens with zero attached hydrogens (tertiary/aromatic N) is 3. The number of hydrogen-bond donors (Lipinski definition) is 1. The number of azide groups is 1. The number of Topliss-reactive ketones (excluding diaryl/α,β-unsaturated/α-hetero) is 1. The lowest BCUT2D eigenvalue weighted by molar-refractivity contribution is -0.257. The lowest BCUT2D eigenvalue weighted by Crippen LogP contribution is -2.48. The lowest BCUT2D eigenvalue weighted by Gasteiger charge is -2.28. The minimum Gasteiger partial charge on any atom is -0.380 e. The quantitative estimate of drug-likeness (QED) is 0.351. The fourth-order valence-corrected chi connectivity index (χ4v) is 2.28. The van der Waals surface area contributed by atoms with Crippen LogP contribution >= 0.6 is 23.2 Å². The van der Waals surface area contributed by atoms with Gasteiger partial charge in [-0.3, -0.25) is 4.79 Å². The van der Waals surface area contributed by atoms with Gasteiger partial charge >= 0.3 is 6.18 Å². The first-order chi connectivity index (χ1) is 10.1. The van der Waals surface area contributed by atoms with Gasteiger partial charge in [0.1, 0.15) is 0 Å². The van der Waals surface area contributed by atoms with Crippen LogP contribution in [-0.2, 0) is 0 Å². The molecule has 0 amide bonds. The average Bonchev–Trinajstić information content (AvgIpc) is 2.41. The number of carbonyl (C=O) groups is 1. The second-order valence-electron chi connectivity index (χ2n) is 4.44. The molecule has 5 nitrogen and oxygen atoms in total. The molecule has 0 aliphatic heterocycles. The van der Waals surface area contributed by atoms with Crippen LogP contribution in [0.3, 0.4) is 0 Å². The van der Waals surface area contributed by atoms with Gasteiger partial charge in [-0.1, -0.05) is 34.4 Å². The van der Waals surface area contributed by atoms with Crippen molar-refractivity contribution in [2.24, 2.45) is 5.11 Å². The Morgan fingerprint density at radius 2 is 1.86 bits per heavy atom. The Kier molecular flexibility index (Phi) is 6.08. The van der Waals surface area contributed by atoms with Gasteiger partial charge in [0.2, 0.25) is 0 Å². The zero-order chi connectivity index (χ0) is 17.0. The fraction of sp³-hybridized carbons (Fsp3) is 0.417. The Labute approximate surface area is 133 Å². The number of aliphatic hydroxyl groups is 1. The summed E-state index contributed by atoms with van der Waals surface area (Å²) in [4.78, 5) is 14.2. The summed E-state index contributed by atoms with van der Waals surface area (Å²) in [6.45, 7) is -1.23. The van der Waals surface area contributed by atoms with Crippen LogP contribution in [0.15, 0.2) is 23.3 Å². The molecule has 0 fully saturated rings. The number of hydrogen-bond acceptors (Lipinski definition) is 3. The number of benzene rings is 1. The lowest BCUT2D eigenvalue weighted by atomic mass is 9.94. The Morgan fingerprint density at radius 3 is 2.32 bits per heavy atom. The fourth-order valence-electron chi connectivity index (χ4n) is 1.67. The van der Waals surface area contributed by atoms with Gasteiger partial charge in [0.25, 0.3) is 0 Å². The van der Waals surface area contributed by atoms with Crippen molar-refractivity contribution in [2.75, 3.05) is 6.54 Å². The normalized spacial score (nSPS) is 14.1. The van der Waals surface area contributed by atoms with Gasteiger partial charge in [0, 0.05) is 11.3 Å². The SMILES string of the molecule is [N-]=[N+]=NCC(O)(CCC(=O)c1c(Cl)cccc1Cl)C(F)(F)F. The van der Waals surface area contributed by atoms with Crippen LogP contribution in [0.2, 0.25) is 10.0 Å². The van der Waals surface area contributed by atoms with Gasteiger partial charge in [-0.25, -0.2) is 0 Å². The van der Waals surface area contributed by atoms with Crippen molar-refractivity contribution in [3.63, 3.8) is 0 Å². The van der Waals surface area contributed by atoms with Crippen LogP contribution in [0.5, 0.6) is 0 Å².